The summed E-state index contributed by atoms with van der Waals surface area (Å²) in [5.41, 5.74) is 0. The monoisotopic (exact) mass is 190 g/mol. The van der Waals surface area contributed by atoms with E-state index in [2.05, 4.69) is 6.92 Å². The highest BCUT2D eigenvalue weighted by atomic mass is 28.2. The Balaban J connectivity index is 2.73. The minimum Gasteiger partial charge on any atom is -0.422 e. The molecular weight excluding hydrogens is 168 g/mol. The third kappa shape index (κ3) is 10.1. The molecule has 74 valence electrons. The smallest absolute Gasteiger partial charge is 0.161 e. The van der Waals surface area contributed by atoms with Gasteiger partial charge in [-0.2, -0.15) is 0 Å². The van der Waals surface area contributed by atoms with Gasteiger partial charge in [-0.05, 0) is 13.0 Å². The summed E-state index contributed by atoms with van der Waals surface area (Å²) in [6, 6.07) is 1.33. The average Bonchev–Trinajstić information content (AvgIpc) is 2.10. The Morgan fingerprint density at radius 3 is 2.58 bits per heavy atom. The van der Waals surface area contributed by atoms with Crippen molar-refractivity contribution in [2.45, 2.75) is 39.2 Å². The highest BCUT2D eigenvalue weighted by Gasteiger charge is 1.90. The molecule has 0 heterocycles. The molecule has 0 spiro atoms. The Kier molecular flexibility index (Phi) is 11.3. The molecule has 12 heavy (non-hydrogen) atoms. The average molecular weight is 190 g/mol. The first-order valence-electron chi connectivity index (χ1n) is 5.07. The summed E-state index contributed by atoms with van der Waals surface area (Å²) in [5, 5.41) is 0. The number of hydrogen-bond donors (Lipinski definition) is 0. The van der Waals surface area contributed by atoms with Gasteiger partial charge in [-0.3, -0.25) is 0 Å². The molecule has 0 unspecified atom stereocenters. The lowest BCUT2D eigenvalue weighted by Gasteiger charge is -2.03. The van der Waals surface area contributed by atoms with Crippen LogP contribution < -0.4 is 0 Å². The molecule has 0 aromatic heterocycles. The van der Waals surface area contributed by atoms with Crippen molar-refractivity contribution in [3.63, 3.8) is 0 Å². The molecule has 2 nitrogen and oxygen atoms in total. The van der Waals surface area contributed by atoms with Gasteiger partial charge in [0.15, 0.2) is 9.76 Å². The van der Waals surface area contributed by atoms with Crippen molar-refractivity contribution in [2.75, 3.05) is 19.8 Å². The normalized spacial score (nSPS) is 11.5. The Morgan fingerprint density at radius 1 is 1.08 bits per heavy atom. The van der Waals surface area contributed by atoms with Crippen molar-refractivity contribution in [2.24, 2.45) is 0 Å². The van der Waals surface area contributed by atoms with E-state index in [9.17, 15) is 0 Å². The fraction of sp³-hybridized carbons (Fsp3) is 1.00. The molecule has 0 atom stereocenters. The van der Waals surface area contributed by atoms with E-state index in [0.29, 0.717) is 0 Å². The maximum atomic E-state index is 5.50. The summed E-state index contributed by atoms with van der Waals surface area (Å²) in [4.78, 5) is 0. The molecule has 0 rings (SSSR count). The highest BCUT2D eigenvalue weighted by Crippen LogP contribution is 1.98. The first kappa shape index (κ1) is 12.1. The van der Waals surface area contributed by atoms with Crippen LogP contribution >= 0.6 is 0 Å². The number of rotatable bonds is 9. The van der Waals surface area contributed by atoms with Crippen LogP contribution in [0.25, 0.3) is 0 Å². The molecule has 0 fully saturated rings. The molecule has 0 aliphatic heterocycles. The number of ether oxygens (including phenoxy) is 1. The van der Waals surface area contributed by atoms with Gasteiger partial charge < -0.3 is 9.16 Å². The van der Waals surface area contributed by atoms with Crippen LogP contribution in [0.4, 0.5) is 0 Å². The second kappa shape index (κ2) is 11.1. The van der Waals surface area contributed by atoms with Crippen molar-refractivity contribution in [1.82, 2.24) is 0 Å². The standard InChI is InChI=1S/C9H22O2Si/c1-3-5-6-9-12-11-8-7-10-4-2/h3-9,12H2,1-2H3. The zero-order chi connectivity index (χ0) is 9.07. The van der Waals surface area contributed by atoms with Crippen molar-refractivity contribution < 1.29 is 9.16 Å². The van der Waals surface area contributed by atoms with Crippen LogP contribution in [0.1, 0.15) is 33.1 Å². The summed E-state index contributed by atoms with van der Waals surface area (Å²) in [5.74, 6) is 0. The molecule has 0 radical (unpaired) electrons. The minimum atomic E-state index is -0.217. The summed E-state index contributed by atoms with van der Waals surface area (Å²) in [7, 11) is -0.217. The van der Waals surface area contributed by atoms with E-state index in [0.717, 1.165) is 19.8 Å². The van der Waals surface area contributed by atoms with Gasteiger partial charge in [-0.25, -0.2) is 0 Å². The van der Waals surface area contributed by atoms with Crippen molar-refractivity contribution in [1.29, 1.82) is 0 Å². The van der Waals surface area contributed by atoms with Crippen LogP contribution in [0, 0.1) is 0 Å². The molecule has 0 bridgehead atoms. The van der Waals surface area contributed by atoms with Gasteiger partial charge in [-0.15, -0.1) is 0 Å². The maximum Gasteiger partial charge on any atom is 0.161 e. The van der Waals surface area contributed by atoms with E-state index in [1.165, 1.54) is 25.3 Å². The quantitative estimate of drug-likeness (QED) is 0.407. The molecule has 0 amide bonds. The SMILES string of the molecule is CCCCC[SiH2]OCCOCC. The Bertz CT molecular complexity index is 68.9. The predicted octanol–water partition coefficient (Wildman–Crippen LogP) is 1.73. The van der Waals surface area contributed by atoms with Crippen LogP contribution in [0.5, 0.6) is 0 Å². The molecule has 0 N–H and O–H groups in total. The summed E-state index contributed by atoms with van der Waals surface area (Å²) in [6.45, 7) is 6.64. The highest BCUT2D eigenvalue weighted by molar-refractivity contribution is 6.26. The molecule has 0 aromatic carbocycles. The largest absolute Gasteiger partial charge is 0.422 e. The lowest BCUT2D eigenvalue weighted by molar-refractivity contribution is 0.112. The molecule has 0 aliphatic carbocycles. The van der Waals surface area contributed by atoms with E-state index < -0.39 is 0 Å². The molecule has 0 saturated heterocycles. The molecule has 0 saturated carbocycles. The van der Waals surface area contributed by atoms with Crippen LogP contribution in [-0.4, -0.2) is 29.6 Å². The van der Waals surface area contributed by atoms with Crippen LogP contribution in [0.15, 0.2) is 0 Å². The molecule has 3 heteroatoms. The zero-order valence-electron chi connectivity index (χ0n) is 8.47. The number of hydrogen-bond acceptors (Lipinski definition) is 2. The van der Waals surface area contributed by atoms with Crippen molar-refractivity contribution in [3.8, 4) is 0 Å². The second-order valence-corrected chi connectivity index (χ2v) is 4.39. The van der Waals surface area contributed by atoms with Crippen LogP contribution in [0.3, 0.4) is 0 Å². The number of unbranched alkanes of at least 4 members (excludes halogenated alkanes) is 2. The van der Waals surface area contributed by atoms with Gasteiger partial charge in [0, 0.05) is 6.61 Å². The van der Waals surface area contributed by atoms with Gasteiger partial charge >= 0.3 is 0 Å². The summed E-state index contributed by atoms with van der Waals surface area (Å²) >= 11 is 0. The summed E-state index contributed by atoms with van der Waals surface area (Å²) < 4.78 is 10.7. The van der Waals surface area contributed by atoms with E-state index >= 15 is 0 Å². The van der Waals surface area contributed by atoms with E-state index in [1.54, 1.807) is 0 Å². The van der Waals surface area contributed by atoms with Gasteiger partial charge in [0.05, 0.1) is 13.2 Å². The van der Waals surface area contributed by atoms with Gasteiger partial charge in [-0.1, -0.05) is 26.2 Å². The fourth-order valence-corrected chi connectivity index (χ4v) is 2.08. The first-order valence-corrected chi connectivity index (χ1v) is 6.65. The van der Waals surface area contributed by atoms with Crippen molar-refractivity contribution >= 4 is 9.76 Å². The van der Waals surface area contributed by atoms with E-state index in [-0.39, 0.29) is 9.76 Å². The molecule has 0 aliphatic rings. The second-order valence-electron chi connectivity index (χ2n) is 2.87. The molecular formula is C9H22O2Si. The van der Waals surface area contributed by atoms with Gasteiger partial charge in [0.2, 0.25) is 0 Å². The minimum absolute atomic E-state index is 0.217. The Morgan fingerprint density at radius 2 is 1.92 bits per heavy atom. The Hall–Kier alpha value is 0.137. The van der Waals surface area contributed by atoms with E-state index in [1.807, 2.05) is 6.92 Å². The molecule has 0 aromatic rings. The first-order chi connectivity index (χ1) is 5.91. The van der Waals surface area contributed by atoms with Crippen LogP contribution in [-0.2, 0) is 9.16 Å². The maximum absolute atomic E-state index is 5.50. The third-order valence-corrected chi connectivity index (χ3v) is 3.08. The topological polar surface area (TPSA) is 18.5 Å². The lowest BCUT2D eigenvalue weighted by atomic mass is 10.3. The zero-order valence-corrected chi connectivity index (χ0v) is 9.89. The van der Waals surface area contributed by atoms with E-state index in [4.69, 9.17) is 9.16 Å². The van der Waals surface area contributed by atoms with Gasteiger partial charge in [0.25, 0.3) is 0 Å². The van der Waals surface area contributed by atoms with Crippen LogP contribution in [0.2, 0.25) is 6.04 Å². The summed E-state index contributed by atoms with van der Waals surface area (Å²) in [6.07, 6.45) is 4.03. The van der Waals surface area contributed by atoms with Gasteiger partial charge in [0.1, 0.15) is 0 Å². The third-order valence-electron chi connectivity index (χ3n) is 1.72. The Labute approximate surface area is 78.6 Å². The van der Waals surface area contributed by atoms with Crippen molar-refractivity contribution in [3.05, 3.63) is 0 Å². The fourth-order valence-electron chi connectivity index (χ4n) is 0.995. The lowest BCUT2D eigenvalue weighted by Crippen LogP contribution is -2.06. The predicted molar refractivity (Wildman–Crippen MR) is 55.3 cm³/mol.